The van der Waals surface area contributed by atoms with E-state index in [1.165, 1.54) is 12.8 Å². The van der Waals surface area contributed by atoms with Gasteiger partial charge < -0.3 is 15.6 Å². The summed E-state index contributed by atoms with van der Waals surface area (Å²) in [6.07, 6.45) is 6.41. The first kappa shape index (κ1) is 14.3. The van der Waals surface area contributed by atoms with Gasteiger partial charge >= 0.3 is 0 Å². The van der Waals surface area contributed by atoms with Crippen molar-refractivity contribution in [3.63, 3.8) is 0 Å². The number of nitrogens with one attached hydrogen (secondary N) is 1. The minimum absolute atomic E-state index is 0. The third kappa shape index (κ3) is 3.09. The third-order valence-corrected chi connectivity index (χ3v) is 3.89. The SMILES string of the molecule is Cl.NC(CNC(=O)c1noc2c1CCCC2)C1CC1. The molecular weight excluding hydrogens is 266 g/mol. The number of hydrogen-bond acceptors (Lipinski definition) is 4. The Morgan fingerprint density at radius 3 is 2.89 bits per heavy atom. The molecule has 0 radical (unpaired) electrons. The molecule has 1 aromatic heterocycles. The Hall–Kier alpha value is -1.07. The average Bonchev–Trinajstić information content (AvgIpc) is 3.15. The average molecular weight is 286 g/mol. The zero-order valence-corrected chi connectivity index (χ0v) is 11.7. The van der Waals surface area contributed by atoms with Crippen LogP contribution in [0.1, 0.15) is 47.5 Å². The number of aryl methyl sites for hydroxylation is 1. The van der Waals surface area contributed by atoms with E-state index in [4.69, 9.17) is 10.3 Å². The van der Waals surface area contributed by atoms with E-state index in [-0.39, 0.29) is 24.4 Å². The highest BCUT2D eigenvalue weighted by atomic mass is 35.5. The van der Waals surface area contributed by atoms with Gasteiger partial charge in [-0.25, -0.2) is 0 Å². The first-order valence-electron chi connectivity index (χ1n) is 6.77. The molecule has 3 N–H and O–H groups in total. The van der Waals surface area contributed by atoms with Crippen LogP contribution in [0.15, 0.2) is 4.52 Å². The maximum absolute atomic E-state index is 12.0. The van der Waals surface area contributed by atoms with Crippen molar-refractivity contribution in [1.29, 1.82) is 0 Å². The largest absolute Gasteiger partial charge is 0.360 e. The zero-order valence-electron chi connectivity index (χ0n) is 10.9. The second kappa shape index (κ2) is 5.92. The Morgan fingerprint density at radius 1 is 1.42 bits per heavy atom. The Kier molecular flexibility index (Phi) is 4.47. The van der Waals surface area contributed by atoms with Gasteiger partial charge in [-0.05, 0) is 38.0 Å². The standard InChI is InChI=1S/C13H19N3O2.ClH/c14-10(8-5-6-8)7-15-13(17)12-9-3-1-2-4-11(9)18-16-12;/h8,10H,1-7,14H2,(H,15,17);1H. The maximum atomic E-state index is 12.0. The number of aromatic nitrogens is 1. The fourth-order valence-corrected chi connectivity index (χ4v) is 2.55. The van der Waals surface area contributed by atoms with Crippen LogP contribution in [0.3, 0.4) is 0 Å². The molecular formula is C13H20ClN3O2. The zero-order chi connectivity index (χ0) is 12.5. The number of rotatable bonds is 4. The highest BCUT2D eigenvalue weighted by Crippen LogP contribution is 2.31. The van der Waals surface area contributed by atoms with Crippen LogP contribution in [0.25, 0.3) is 0 Å². The van der Waals surface area contributed by atoms with E-state index in [9.17, 15) is 4.79 Å². The van der Waals surface area contributed by atoms with E-state index in [1.54, 1.807) is 0 Å². The van der Waals surface area contributed by atoms with Crippen molar-refractivity contribution in [1.82, 2.24) is 10.5 Å². The summed E-state index contributed by atoms with van der Waals surface area (Å²) in [5, 5.41) is 6.78. The summed E-state index contributed by atoms with van der Waals surface area (Å²) in [4.78, 5) is 12.0. The molecule has 0 saturated heterocycles. The molecule has 6 heteroatoms. The van der Waals surface area contributed by atoms with Crippen molar-refractivity contribution in [3.8, 4) is 0 Å². The molecule has 3 rings (SSSR count). The normalized spacial score (nSPS) is 19.2. The lowest BCUT2D eigenvalue weighted by Gasteiger charge is -2.12. The lowest BCUT2D eigenvalue weighted by atomic mass is 9.96. The highest BCUT2D eigenvalue weighted by Gasteiger charge is 2.29. The third-order valence-electron chi connectivity index (χ3n) is 3.89. The lowest BCUT2D eigenvalue weighted by molar-refractivity contribution is 0.0940. The molecule has 1 fully saturated rings. The van der Waals surface area contributed by atoms with E-state index in [0.29, 0.717) is 18.2 Å². The van der Waals surface area contributed by atoms with Crippen LogP contribution in [0, 0.1) is 5.92 Å². The van der Waals surface area contributed by atoms with Crippen molar-refractivity contribution < 1.29 is 9.32 Å². The van der Waals surface area contributed by atoms with Crippen molar-refractivity contribution in [3.05, 3.63) is 17.0 Å². The molecule has 1 saturated carbocycles. The number of halogens is 1. The van der Waals surface area contributed by atoms with Gasteiger partial charge in [0, 0.05) is 24.6 Å². The fourth-order valence-electron chi connectivity index (χ4n) is 2.55. The number of nitrogens with zero attached hydrogens (tertiary/aromatic N) is 1. The number of amides is 1. The molecule has 2 aliphatic carbocycles. The molecule has 1 amide bonds. The summed E-state index contributed by atoms with van der Waals surface area (Å²) in [6, 6.07) is 0.0803. The number of carbonyl (C=O) groups excluding carboxylic acids is 1. The van der Waals surface area contributed by atoms with E-state index in [1.807, 2.05) is 0 Å². The molecule has 0 aliphatic heterocycles. The summed E-state index contributed by atoms with van der Waals surface area (Å²) >= 11 is 0. The molecule has 0 spiro atoms. The molecule has 1 atom stereocenters. The van der Waals surface area contributed by atoms with E-state index < -0.39 is 0 Å². The lowest BCUT2D eigenvalue weighted by Crippen LogP contribution is -2.39. The highest BCUT2D eigenvalue weighted by molar-refractivity contribution is 5.93. The van der Waals surface area contributed by atoms with Gasteiger partial charge in [0.25, 0.3) is 5.91 Å². The van der Waals surface area contributed by atoms with Gasteiger partial charge in [0.15, 0.2) is 5.69 Å². The molecule has 106 valence electrons. The molecule has 5 nitrogen and oxygen atoms in total. The molecule has 2 aliphatic rings. The number of fused-ring (bicyclic) bond motifs is 1. The molecule has 1 aromatic rings. The van der Waals surface area contributed by atoms with Crippen molar-refractivity contribution in [2.45, 2.75) is 44.6 Å². The van der Waals surface area contributed by atoms with Gasteiger partial charge in [-0.2, -0.15) is 0 Å². The monoisotopic (exact) mass is 285 g/mol. The molecule has 19 heavy (non-hydrogen) atoms. The Bertz CT molecular complexity index is 457. The van der Waals surface area contributed by atoms with Crippen molar-refractivity contribution in [2.24, 2.45) is 11.7 Å². The van der Waals surface area contributed by atoms with Gasteiger partial charge in [0.1, 0.15) is 5.76 Å². The molecule has 0 aromatic carbocycles. The quantitative estimate of drug-likeness (QED) is 0.877. The summed E-state index contributed by atoms with van der Waals surface area (Å²) in [7, 11) is 0. The Morgan fingerprint density at radius 2 is 2.16 bits per heavy atom. The first-order chi connectivity index (χ1) is 8.75. The van der Waals surface area contributed by atoms with Crippen LogP contribution < -0.4 is 11.1 Å². The fraction of sp³-hybridized carbons (Fsp3) is 0.692. The molecule has 1 heterocycles. The van der Waals surface area contributed by atoms with Crippen molar-refractivity contribution >= 4 is 18.3 Å². The Balaban J connectivity index is 0.00000133. The minimum Gasteiger partial charge on any atom is -0.360 e. The minimum atomic E-state index is -0.141. The van der Waals surface area contributed by atoms with Crippen LogP contribution in [-0.2, 0) is 12.8 Å². The number of carbonyl (C=O) groups is 1. The molecule has 1 unspecified atom stereocenters. The van der Waals surface area contributed by atoms with Gasteiger partial charge in [0.05, 0.1) is 0 Å². The summed E-state index contributed by atoms with van der Waals surface area (Å²) in [6.45, 7) is 0.533. The van der Waals surface area contributed by atoms with E-state index in [0.717, 1.165) is 37.0 Å². The van der Waals surface area contributed by atoms with Gasteiger partial charge in [0.2, 0.25) is 0 Å². The number of nitrogens with two attached hydrogens (primary N) is 1. The summed E-state index contributed by atoms with van der Waals surface area (Å²) in [5.74, 6) is 1.34. The van der Waals surface area contributed by atoms with Crippen LogP contribution >= 0.6 is 12.4 Å². The van der Waals surface area contributed by atoms with Gasteiger partial charge in [-0.3, -0.25) is 4.79 Å². The second-order valence-corrected chi connectivity index (χ2v) is 5.35. The van der Waals surface area contributed by atoms with E-state index in [2.05, 4.69) is 10.5 Å². The Labute approximate surface area is 118 Å². The van der Waals surface area contributed by atoms with Crippen LogP contribution in [0.4, 0.5) is 0 Å². The second-order valence-electron chi connectivity index (χ2n) is 5.35. The predicted molar refractivity (Wildman–Crippen MR) is 73.4 cm³/mol. The first-order valence-corrected chi connectivity index (χ1v) is 6.77. The molecule has 0 bridgehead atoms. The van der Waals surface area contributed by atoms with Crippen LogP contribution in [0.2, 0.25) is 0 Å². The smallest absolute Gasteiger partial charge is 0.273 e. The topological polar surface area (TPSA) is 81.1 Å². The van der Waals surface area contributed by atoms with Gasteiger partial charge in [-0.15, -0.1) is 12.4 Å². The van der Waals surface area contributed by atoms with Crippen molar-refractivity contribution in [2.75, 3.05) is 6.54 Å². The number of hydrogen-bond donors (Lipinski definition) is 2. The summed E-state index contributed by atoms with van der Waals surface area (Å²) < 4.78 is 5.23. The van der Waals surface area contributed by atoms with Crippen LogP contribution in [-0.4, -0.2) is 23.7 Å². The van der Waals surface area contributed by atoms with E-state index >= 15 is 0 Å². The predicted octanol–water partition coefficient (Wildman–Crippen LogP) is 1.44. The summed E-state index contributed by atoms with van der Waals surface area (Å²) in [5.41, 5.74) is 7.42. The van der Waals surface area contributed by atoms with Gasteiger partial charge in [-0.1, -0.05) is 5.16 Å². The maximum Gasteiger partial charge on any atom is 0.273 e. The van der Waals surface area contributed by atoms with Crippen LogP contribution in [0.5, 0.6) is 0 Å².